The van der Waals surface area contributed by atoms with Crippen molar-refractivity contribution in [3.05, 3.63) is 0 Å². The summed E-state index contributed by atoms with van der Waals surface area (Å²) in [5, 5.41) is 0. The molecule has 0 fully saturated rings. The van der Waals surface area contributed by atoms with Gasteiger partial charge in [-0.05, 0) is 0 Å². The molecule has 0 atom stereocenters. The average Bonchev–Trinajstić information content (AvgIpc) is 0. The molecular weight excluding hydrogens is 223 g/mol. The van der Waals surface area contributed by atoms with E-state index < -0.39 is 0 Å². The smallest absolute Gasteiger partial charge is 0.870 e. The summed E-state index contributed by atoms with van der Waals surface area (Å²) < 4.78 is 0. The van der Waals surface area contributed by atoms with E-state index in [1.54, 1.807) is 0 Å². The average molecular weight is 227 g/mol. The third-order valence-electron chi connectivity index (χ3n) is 0. The Hall–Kier alpha value is 1.58. The molecule has 0 spiro atoms. The second-order valence-electron chi connectivity index (χ2n) is 0. The van der Waals surface area contributed by atoms with Gasteiger partial charge in [0, 0.05) is 21.7 Å². The van der Waals surface area contributed by atoms with Crippen LogP contribution in [-0.2, 0) is 55.6 Å². The van der Waals surface area contributed by atoms with Crippen LogP contribution in [0.5, 0.6) is 0 Å². The first-order valence-corrected chi connectivity index (χ1v) is 0. The third-order valence-corrected chi connectivity index (χ3v) is 0. The van der Waals surface area contributed by atoms with Crippen molar-refractivity contribution in [3.8, 4) is 0 Å². The summed E-state index contributed by atoms with van der Waals surface area (Å²) in [6.45, 7) is 0. The first kappa shape index (κ1) is 197. The Bertz CT molecular complexity index is 11.7. The Morgan fingerprint density at radius 1 is 0.571 bits per heavy atom. The first-order valence-electron chi connectivity index (χ1n) is 0. The fourth-order valence-electron chi connectivity index (χ4n) is 0. The molecule has 0 aliphatic heterocycles. The zero-order valence-corrected chi connectivity index (χ0v) is 6.84. The minimum absolute atomic E-state index is 0. The Kier molecular flexibility index (Phi) is 3710. The van der Waals surface area contributed by atoms with Crippen molar-refractivity contribution in [1.29, 1.82) is 0 Å². The van der Waals surface area contributed by atoms with Crippen molar-refractivity contribution in [3.63, 3.8) is 0 Å². The van der Waals surface area contributed by atoms with E-state index in [1.807, 2.05) is 0 Å². The molecule has 4 N–H and O–H groups in total. The molecule has 0 saturated heterocycles. The fourth-order valence-corrected chi connectivity index (χ4v) is 0. The zero-order valence-electron chi connectivity index (χ0n) is 3.01. The summed E-state index contributed by atoms with van der Waals surface area (Å²) in [6.07, 6.45) is 0. The molecule has 7 heavy (non-hydrogen) atoms. The maximum atomic E-state index is 0. The van der Waals surface area contributed by atoms with E-state index in [-0.39, 0.29) is 77.5 Å². The topological polar surface area (TPSA) is 120 Å². The SMILES string of the molecule is [Cr+2].[Ni+2].[OH-].[OH-].[OH-].[OH-].[Ti]. The standard InChI is InChI=1S/Cr.Ni.4H2O.Ti/h;;4*1H2;/q2*+2;;;;;/p-4. The predicted molar refractivity (Wildman–Crippen MR) is 7.74 cm³/mol. The van der Waals surface area contributed by atoms with Crippen LogP contribution in [0.3, 0.4) is 0 Å². The molecule has 4 nitrogen and oxygen atoms in total. The van der Waals surface area contributed by atoms with Crippen LogP contribution in [0.4, 0.5) is 0 Å². The van der Waals surface area contributed by atoms with Gasteiger partial charge in [-0.3, -0.25) is 0 Å². The minimum atomic E-state index is 0. The molecule has 0 aromatic rings. The van der Waals surface area contributed by atoms with Gasteiger partial charge in [0.05, 0.1) is 0 Å². The molecule has 0 aromatic heterocycles. The van der Waals surface area contributed by atoms with Crippen molar-refractivity contribution in [1.82, 2.24) is 0 Å². The molecule has 0 aromatic carbocycles. The molecule has 0 amide bonds. The van der Waals surface area contributed by atoms with Crippen molar-refractivity contribution < 1.29 is 77.5 Å². The fraction of sp³-hybridized carbons (Fsp3) is 0. The largest absolute Gasteiger partial charge is 2.00 e. The molecule has 0 rings (SSSR count). The van der Waals surface area contributed by atoms with Gasteiger partial charge >= 0.3 is 33.9 Å². The molecule has 0 radical (unpaired) electrons. The Morgan fingerprint density at radius 3 is 0.571 bits per heavy atom. The van der Waals surface area contributed by atoms with Crippen LogP contribution in [0.25, 0.3) is 0 Å². The normalized spacial score (nSPS) is 0. The summed E-state index contributed by atoms with van der Waals surface area (Å²) in [4.78, 5) is 0. The van der Waals surface area contributed by atoms with Gasteiger partial charge in [-0.15, -0.1) is 0 Å². The van der Waals surface area contributed by atoms with Gasteiger partial charge < -0.3 is 21.9 Å². The molecule has 0 bridgehead atoms. The van der Waals surface area contributed by atoms with Gasteiger partial charge in [0.25, 0.3) is 0 Å². The number of rotatable bonds is 0. The summed E-state index contributed by atoms with van der Waals surface area (Å²) in [7, 11) is 0. The molecule has 0 saturated carbocycles. The molecular formula is H4CrNiO4Ti. The van der Waals surface area contributed by atoms with Gasteiger partial charge in [0.1, 0.15) is 0 Å². The van der Waals surface area contributed by atoms with Gasteiger partial charge in [-0.25, -0.2) is 0 Å². The van der Waals surface area contributed by atoms with Crippen LogP contribution in [0.15, 0.2) is 0 Å². The van der Waals surface area contributed by atoms with Crippen LogP contribution >= 0.6 is 0 Å². The molecule has 48 valence electrons. The van der Waals surface area contributed by atoms with E-state index in [2.05, 4.69) is 0 Å². The zero-order chi connectivity index (χ0) is 0. The third kappa shape index (κ3) is 94.5. The second-order valence-corrected chi connectivity index (χ2v) is 0. The van der Waals surface area contributed by atoms with Gasteiger partial charge in [-0.1, -0.05) is 0 Å². The predicted octanol–water partition coefficient (Wildman–Crippen LogP) is -0.715. The maximum absolute atomic E-state index is 0. The molecule has 0 aliphatic carbocycles. The molecule has 7 heteroatoms. The van der Waals surface area contributed by atoms with Crippen LogP contribution in [-0.4, -0.2) is 21.9 Å². The van der Waals surface area contributed by atoms with Crippen LogP contribution in [0.1, 0.15) is 0 Å². The van der Waals surface area contributed by atoms with Crippen molar-refractivity contribution in [2.75, 3.05) is 0 Å². The van der Waals surface area contributed by atoms with Crippen LogP contribution in [0, 0.1) is 0 Å². The van der Waals surface area contributed by atoms with Crippen molar-refractivity contribution >= 4 is 0 Å². The van der Waals surface area contributed by atoms with E-state index in [4.69, 9.17) is 0 Å². The first-order chi connectivity index (χ1) is 0. The van der Waals surface area contributed by atoms with E-state index in [0.717, 1.165) is 0 Å². The summed E-state index contributed by atoms with van der Waals surface area (Å²) in [5.41, 5.74) is 0. The number of hydrogen-bond acceptors (Lipinski definition) is 4. The number of hydrogen-bond donors (Lipinski definition) is 0. The second kappa shape index (κ2) is 131. The monoisotopic (exact) mass is 226 g/mol. The van der Waals surface area contributed by atoms with Gasteiger partial charge in [-0.2, -0.15) is 0 Å². The quantitative estimate of drug-likeness (QED) is 0.506. The van der Waals surface area contributed by atoms with Gasteiger partial charge in [0.2, 0.25) is 0 Å². The van der Waals surface area contributed by atoms with Gasteiger partial charge in [0.15, 0.2) is 0 Å². The van der Waals surface area contributed by atoms with E-state index >= 15 is 0 Å². The Morgan fingerprint density at radius 2 is 0.571 bits per heavy atom. The van der Waals surface area contributed by atoms with Crippen LogP contribution < -0.4 is 0 Å². The Balaban J connectivity index is 0. The molecule has 0 unspecified atom stereocenters. The summed E-state index contributed by atoms with van der Waals surface area (Å²) in [5.74, 6) is 0. The minimum Gasteiger partial charge on any atom is -0.870 e. The Labute approximate surface area is 77.2 Å². The molecule has 0 aliphatic rings. The van der Waals surface area contributed by atoms with Crippen LogP contribution in [0.2, 0.25) is 0 Å². The summed E-state index contributed by atoms with van der Waals surface area (Å²) >= 11 is 0. The summed E-state index contributed by atoms with van der Waals surface area (Å²) in [6, 6.07) is 0. The van der Waals surface area contributed by atoms with Crippen molar-refractivity contribution in [2.24, 2.45) is 0 Å². The molecule has 0 heterocycles. The van der Waals surface area contributed by atoms with E-state index in [9.17, 15) is 0 Å². The van der Waals surface area contributed by atoms with Crippen molar-refractivity contribution in [2.45, 2.75) is 0 Å². The van der Waals surface area contributed by atoms with E-state index in [1.165, 1.54) is 0 Å². The maximum Gasteiger partial charge on any atom is 2.00 e. The van der Waals surface area contributed by atoms with E-state index in [0.29, 0.717) is 0 Å².